The first kappa shape index (κ1) is 21.8. The van der Waals surface area contributed by atoms with Crippen molar-refractivity contribution >= 4 is 23.4 Å². The topological polar surface area (TPSA) is 87.2 Å². The van der Waals surface area contributed by atoms with Gasteiger partial charge in [0.25, 0.3) is 0 Å². The number of esters is 1. The van der Waals surface area contributed by atoms with Gasteiger partial charge in [-0.2, -0.15) is 4.98 Å². The third kappa shape index (κ3) is 4.97. The molecule has 0 saturated carbocycles. The highest BCUT2D eigenvalue weighted by atomic mass is 35.5. The lowest BCUT2D eigenvalue weighted by molar-refractivity contribution is -0.142. The van der Waals surface area contributed by atoms with Crippen LogP contribution in [0.2, 0.25) is 5.02 Å². The Bertz CT molecular complexity index is 1050. The predicted octanol–water partition coefficient (Wildman–Crippen LogP) is 4.75. The zero-order valence-electron chi connectivity index (χ0n) is 17.4. The summed E-state index contributed by atoms with van der Waals surface area (Å²) in [6.07, 6.45) is 0.274. The van der Waals surface area contributed by atoms with Gasteiger partial charge >= 0.3 is 5.97 Å². The molecule has 0 aliphatic carbocycles. The van der Waals surface area contributed by atoms with Crippen LogP contribution in [0.15, 0.2) is 34.9 Å². The highest BCUT2D eigenvalue weighted by Gasteiger charge is 2.19. The van der Waals surface area contributed by atoms with Crippen LogP contribution in [0, 0.1) is 13.8 Å². The highest BCUT2D eigenvalue weighted by molar-refractivity contribution is 6.30. The molecule has 0 radical (unpaired) electrons. The van der Waals surface area contributed by atoms with Crippen molar-refractivity contribution in [2.75, 3.05) is 6.61 Å². The number of benzene rings is 1. The zero-order chi connectivity index (χ0) is 21.8. The largest absolute Gasteiger partial charge is 0.457 e. The molecular formula is C22H24ClN3O4. The van der Waals surface area contributed by atoms with Crippen molar-refractivity contribution in [3.63, 3.8) is 0 Å². The number of rotatable bonds is 8. The number of carbonyl (C=O) groups excluding carboxylic acids is 2. The molecule has 0 fully saturated rings. The van der Waals surface area contributed by atoms with Crippen LogP contribution < -0.4 is 0 Å². The average Bonchev–Trinajstić information content (AvgIpc) is 3.29. The minimum Gasteiger partial charge on any atom is -0.457 e. The number of hydrogen-bond acceptors (Lipinski definition) is 6. The summed E-state index contributed by atoms with van der Waals surface area (Å²) in [5, 5.41) is 4.52. The maximum atomic E-state index is 12.5. The number of Topliss-reactive ketones (excluding diaryl/α,β-unsaturated/α-hetero) is 1. The summed E-state index contributed by atoms with van der Waals surface area (Å²) in [6.45, 7) is 7.68. The van der Waals surface area contributed by atoms with E-state index in [0.29, 0.717) is 22.3 Å². The second-order valence-corrected chi connectivity index (χ2v) is 7.79. The van der Waals surface area contributed by atoms with Gasteiger partial charge in [0.2, 0.25) is 17.5 Å². The molecule has 0 aliphatic heterocycles. The molecule has 0 saturated heterocycles. The van der Waals surface area contributed by atoms with E-state index in [1.165, 1.54) is 0 Å². The molecule has 2 heterocycles. The van der Waals surface area contributed by atoms with Crippen molar-refractivity contribution < 1.29 is 18.8 Å². The van der Waals surface area contributed by atoms with Gasteiger partial charge in [-0.1, -0.05) is 16.8 Å². The lowest BCUT2D eigenvalue weighted by atomic mass is 10.1. The van der Waals surface area contributed by atoms with Gasteiger partial charge in [0.05, 0.1) is 6.42 Å². The van der Waals surface area contributed by atoms with Crippen LogP contribution in [-0.4, -0.2) is 33.1 Å². The summed E-state index contributed by atoms with van der Waals surface area (Å²) in [6, 6.07) is 9.13. The molecule has 158 valence electrons. The summed E-state index contributed by atoms with van der Waals surface area (Å²) >= 11 is 5.87. The SMILES string of the molecule is Cc1cc(C(=O)COC(=O)CCc2nc(-c3ccc(Cl)cc3)no2)c(C)n1C(C)C. The Hall–Kier alpha value is -2.93. The molecule has 0 N–H and O–H groups in total. The van der Waals surface area contributed by atoms with Crippen LogP contribution in [0.4, 0.5) is 0 Å². The molecule has 0 amide bonds. The minimum absolute atomic E-state index is 0.0422. The maximum absolute atomic E-state index is 12.5. The number of halogens is 1. The lowest BCUT2D eigenvalue weighted by Crippen LogP contribution is -2.15. The van der Waals surface area contributed by atoms with Crippen LogP contribution in [0.1, 0.15) is 53.9 Å². The Morgan fingerprint density at radius 2 is 1.90 bits per heavy atom. The van der Waals surface area contributed by atoms with E-state index in [4.69, 9.17) is 20.9 Å². The van der Waals surface area contributed by atoms with E-state index in [1.807, 2.05) is 19.9 Å². The van der Waals surface area contributed by atoms with Gasteiger partial charge < -0.3 is 13.8 Å². The van der Waals surface area contributed by atoms with Crippen molar-refractivity contribution in [2.45, 2.75) is 46.6 Å². The Labute approximate surface area is 180 Å². The van der Waals surface area contributed by atoms with Crippen molar-refractivity contribution in [1.82, 2.24) is 14.7 Å². The molecule has 1 aromatic carbocycles. The number of aromatic nitrogens is 3. The monoisotopic (exact) mass is 429 g/mol. The van der Waals surface area contributed by atoms with Crippen LogP contribution >= 0.6 is 11.6 Å². The van der Waals surface area contributed by atoms with E-state index in [1.54, 1.807) is 24.3 Å². The van der Waals surface area contributed by atoms with Crippen molar-refractivity contribution in [2.24, 2.45) is 0 Å². The maximum Gasteiger partial charge on any atom is 0.306 e. The van der Waals surface area contributed by atoms with Gasteiger partial charge in [-0.3, -0.25) is 9.59 Å². The summed E-state index contributed by atoms with van der Waals surface area (Å²) in [4.78, 5) is 28.8. The average molecular weight is 430 g/mol. The number of ether oxygens (including phenoxy) is 1. The lowest BCUT2D eigenvalue weighted by Gasteiger charge is -2.13. The first-order valence-corrected chi connectivity index (χ1v) is 10.1. The van der Waals surface area contributed by atoms with E-state index in [2.05, 4.69) is 28.6 Å². The Morgan fingerprint density at radius 3 is 2.53 bits per heavy atom. The van der Waals surface area contributed by atoms with Gasteiger partial charge in [0.1, 0.15) is 0 Å². The van der Waals surface area contributed by atoms with Crippen LogP contribution in [0.25, 0.3) is 11.4 Å². The van der Waals surface area contributed by atoms with Gasteiger partial charge in [-0.05, 0) is 58.0 Å². The standard InChI is InChI=1S/C22H24ClN3O4/c1-13(2)26-14(3)11-18(15(26)4)19(27)12-29-21(28)10-9-20-24-22(25-30-20)16-5-7-17(23)8-6-16/h5-8,11,13H,9-10,12H2,1-4H3. The Balaban J connectivity index is 1.51. The van der Waals surface area contributed by atoms with E-state index in [9.17, 15) is 9.59 Å². The van der Waals surface area contributed by atoms with E-state index in [0.717, 1.165) is 17.0 Å². The zero-order valence-corrected chi connectivity index (χ0v) is 18.2. The second-order valence-electron chi connectivity index (χ2n) is 7.35. The number of hydrogen-bond donors (Lipinski definition) is 0. The quantitative estimate of drug-likeness (QED) is 0.379. The number of nitrogens with zero attached hydrogens (tertiary/aromatic N) is 3. The summed E-state index contributed by atoms with van der Waals surface area (Å²) in [7, 11) is 0. The second kappa shape index (κ2) is 9.26. The van der Waals surface area contributed by atoms with Crippen molar-refractivity contribution in [1.29, 1.82) is 0 Å². The molecule has 3 aromatic rings. The Kier molecular flexibility index (Phi) is 6.72. The number of ketones is 1. The Morgan fingerprint density at radius 1 is 1.20 bits per heavy atom. The molecule has 0 unspecified atom stereocenters. The molecule has 3 rings (SSSR count). The summed E-state index contributed by atoms with van der Waals surface area (Å²) in [5.74, 6) is 0.0350. The van der Waals surface area contributed by atoms with E-state index >= 15 is 0 Å². The molecule has 0 spiro atoms. The van der Waals surface area contributed by atoms with E-state index < -0.39 is 5.97 Å². The third-order valence-corrected chi connectivity index (χ3v) is 5.03. The van der Waals surface area contributed by atoms with E-state index in [-0.39, 0.29) is 31.3 Å². The number of aryl methyl sites for hydroxylation is 2. The molecule has 7 nitrogen and oxygen atoms in total. The highest BCUT2D eigenvalue weighted by Crippen LogP contribution is 2.21. The number of carbonyl (C=O) groups is 2. The van der Waals surface area contributed by atoms with Gasteiger partial charge in [0, 0.05) is 40.0 Å². The fraction of sp³-hybridized carbons (Fsp3) is 0.364. The summed E-state index contributed by atoms with van der Waals surface area (Å²) in [5.41, 5.74) is 3.23. The molecule has 0 atom stereocenters. The van der Waals surface area contributed by atoms with Crippen molar-refractivity contribution in [3.05, 3.63) is 58.2 Å². The molecular weight excluding hydrogens is 406 g/mol. The summed E-state index contributed by atoms with van der Waals surface area (Å²) < 4.78 is 12.4. The smallest absolute Gasteiger partial charge is 0.306 e. The predicted molar refractivity (Wildman–Crippen MR) is 113 cm³/mol. The molecule has 0 aliphatic rings. The minimum atomic E-state index is -0.493. The molecule has 8 heteroatoms. The third-order valence-electron chi connectivity index (χ3n) is 4.78. The van der Waals surface area contributed by atoms with Gasteiger partial charge in [-0.15, -0.1) is 0 Å². The molecule has 30 heavy (non-hydrogen) atoms. The fourth-order valence-electron chi connectivity index (χ4n) is 3.43. The normalized spacial score (nSPS) is 11.1. The van der Waals surface area contributed by atoms with Crippen LogP contribution in [0.5, 0.6) is 0 Å². The van der Waals surface area contributed by atoms with Crippen LogP contribution in [0.3, 0.4) is 0 Å². The first-order valence-electron chi connectivity index (χ1n) is 9.72. The van der Waals surface area contributed by atoms with Crippen molar-refractivity contribution in [3.8, 4) is 11.4 Å². The van der Waals surface area contributed by atoms with Gasteiger partial charge in [-0.25, -0.2) is 0 Å². The molecule has 0 bridgehead atoms. The van der Waals surface area contributed by atoms with Gasteiger partial charge in [0.15, 0.2) is 6.61 Å². The molecule has 2 aromatic heterocycles. The first-order chi connectivity index (χ1) is 14.3. The van der Waals surface area contributed by atoms with Crippen LogP contribution in [-0.2, 0) is 16.0 Å². The fourth-order valence-corrected chi connectivity index (χ4v) is 3.56.